The van der Waals surface area contributed by atoms with Gasteiger partial charge in [0.25, 0.3) is 0 Å². The van der Waals surface area contributed by atoms with Crippen molar-refractivity contribution >= 4 is 0 Å². The summed E-state index contributed by atoms with van der Waals surface area (Å²) in [5, 5.41) is 19.1. The molecule has 0 radical (unpaired) electrons. The first-order valence-corrected chi connectivity index (χ1v) is 4.09. The van der Waals surface area contributed by atoms with Crippen LogP contribution in [0.4, 0.5) is 0 Å². The Kier molecular flexibility index (Phi) is 2.32. The van der Waals surface area contributed by atoms with Gasteiger partial charge in [-0.3, -0.25) is 0 Å². The van der Waals surface area contributed by atoms with Gasteiger partial charge in [-0.25, -0.2) is 0 Å². The number of aliphatic hydroxyl groups excluding tert-OH is 1. The molecule has 0 aromatic rings. The molecule has 1 aliphatic rings. The van der Waals surface area contributed by atoms with Crippen molar-refractivity contribution in [2.45, 2.75) is 50.7 Å². The van der Waals surface area contributed by atoms with E-state index in [9.17, 15) is 10.2 Å². The summed E-state index contributed by atoms with van der Waals surface area (Å²) in [5.41, 5.74) is -0.766. The molecule has 0 bridgehead atoms. The lowest BCUT2D eigenvalue weighted by Crippen LogP contribution is -2.44. The summed E-state index contributed by atoms with van der Waals surface area (Å²) >= 11 is 0. The third-order valence-electron chi connectivity index (χ3n) is 2.57. The summed E-state index contributed by atoms with van der Waals surface area (Å²) in [6, 6.07) is 0. The van der Waals surface area contributed by atoms with Crippen molar-refractivity contribution in [2.75, 3.05) is 0 Å². The second-order valence-corrected chi connectivity index (χ2v) is 3.22. The maximum atomic E-state index is 9.70. The van der Waals surface area contributed by atoms with Crippen LogP contribution in [-0.2, 0) is 0 Å². The third-order valence-corrected chi connectivity index (χ3v) is 2.57. The SMILES string of the molecule is CC[C@@]1(O)CCCC[C@H]1O. The minimum Gasteiger partial charge on any atom is -0.390 e. The molecule has 60 valence electrons. The highest BCUT2D eigenvalue weighted by atomic mass is 16.3. The zero-order valence-corrected chi connectivity index (χ0v) is 6.51. The highest BCUT2D eigenvalue weighted by Gasteiger charge is 2.35. The van der Waals surface area contributed by atoms with Gasteiger partial charge in [0, 0.05) is 0 Å². The second kappa shape index (κ2) is 2.89. The normalized spacial score (nSPS) is 41.7. The van der Waals surface area contributed by atoms with Crippen molar-refractivity contribution in [1.29, 1.82) is 0 Å². The minimum absolute atomic E-state index is 0.480. The molecule has 2 N–H and O–H groups in total. The minimum atomic E-state index is -0.766. The van der Waals surface area contributed by atoms with Gasteiger partial charge in [0.1, 0.15) is 0 Å². The zero-order valence-electron chi connectivity index (χ0n) is 6.51. The van der Waals surface area contributed by atoms with E-state index in [1.807, 2.05) is 6.92 Å². The quantitative estimate of drug-likeness (QED) is 0.577. The average Bonchev–Trinajstić information content (AvgIpc) is 1.96. The molecule has 2 nitrogen and oxygen atoms in total. The standard InChI is InChI=1S/C8H16O2/c1-2-8(10)6-4-3-5-7(8)9/h7,9-10H,2-6H2,1H3/t7-,8-/m1/s1. The monoisotopic (exact) mass is 144 g/mol. The van der Waals surface area contributed by atoms with Gasteiger partial charge in [0.2, 0.25) is 0 Å². The fraction of sp³-hybridized carbons (Fsp3) is 1.00. The highest BCUT2D eigenvalue weighted by molar-refractivity contribution is 4.88. The van der Waals surface area contributed by atoms with Crippen molar-refractivity contribution in [3.8, 4) is 0 Å². The maximum Gasteiger partial charge on any atom is 0.0902 e. The topological polar surface area (TPSA) is 40.5 Å². The van der Waals surface area contributed by atoms with Crippen LogP contribution in [0.15, 0.2) is 0 Å². The van der Waals surface area contributed by atoms with E-state index in [-0.39, 0.29) is 0 Å². The van der Waals surface area contributed by atoms with Crippen LogP contribution in [0.5, 0.6) is 0 Å². The lowest BCUT2D eigenvalue weighted by atomic mass is 9.80. The van der Waals surface area contributed by atoms with E-state index < -0.39 is 11.7 Å². The van der Waals surface area contributed by atoms with Crippen LogP contribution in [0, 0.1) is 0 Å². The van der Waals surface area contributed by atoms with E-state index in [4.69, 9.17) is 0 Å². The molecule has 1 saturated carbocycles. The fourth-order valence-corrected chi connectivity index (χ4v) is 1.62. The van der Waals surface area contributed by atoms with Crippen molar-refractivity contribution < 1.29 is 10.2 Å². The summed E-state index contributed by atoms with van der Waals surface area (Å²) < 4.78 is 0. The molecular formula is C8H16O2. The van der Waals surface area contributed by atoms with Gasteiger partial charge in [0.05, 0.1) is 11.7 Å². The predicted molar refractivity (Wildman–Crippen MR) is 39.7 cm³/mol. The van der Waals surface area contributed by atoms with E-state index in [0.717, 1.165) is 25.7 Å². The Hall–Kier alpha value is -0.0800. The summed E-state index contributed by atoms with van der Waals surface area (Å²) in [5.74, 6) is 0. The van der Waals surface area contributed by atoms with Gasteiger partial charge >= 0.3 is 0 Å². The van der Waals surface area contributed by atoms with Crippen LogP contribution in [0.2, 0.25) is 0 Å². The number of rotatable bonds is 1. The van der Waals surface area contributed by atoms with E-state index in [0.29, 0.717) is 6.42 Å². The van der Waals surface area contributed by atoms with Crippen LogP contribution < -0.4 is 0 Å². The van der Waals surface area contributed by atoms with Gasteiger partial charge in [0.15, 0.2) is 0 Å². The van der Waals surface area contributed by atoms with E-state index >= 15 is 0 Å². The Balaban J connectivity index is 2.54. The molecule has 2 heteroatoms. The molecule has 1 rings (SSSR count). The molecule has 10 heavy (non-hydrogen) atoms. The van der Waals surface area contributed by atoms with Gasteiger partial charge < -0.3 is 10.2 Å². The van der Waals surface area contributed by atoms with Crippen LogP contribution in [-0.4, -0.2) is 21.9 Å². The van der Waals surface area contributed by atoms with Crippen LogP contribution in [0.1, 0.15) is 39.0 Å². The van der Waals surface area contributed by atoms with Gasteiger partial charge in [-0.15, -0.1) is 0 Å². The first-order chi connectivity index (χ1) is 4.69. The second-order valence-electron chi connectivity index (χ2n) is 3.22. The highest BCUT2D eigenvalue weighted by Crippen LogP contribution is 2.30. The lowest BCUT2D eigenvalue weighted by molar-refractivity contribution is -0.101. The molecule has 0 aliphatic heterocycles. The molecule has 0 amide bonds. The molecule has 1 aliphatic carbocycles. The Bertz CT molecular complexity index is 114. The summed E-state index contributed by atoms with van der Waals surface area (Å²) in [6.45, 7) is 1.93. The smallest absolute Gasteiger partial charge is 0.0902 e. The summed E-state index contributed by atoms with van der Waals surface area (Å²) in [7, 11) is 0. The van der Waals surface area contributed by atoms with Crippen LogP contribution in [0.3, 0.4) is 0 Å². The zero-order chi connectivity index (χ0) is 7.61. The Morgan fingerprint density at radius 3 is 2.60 bits per heavy atom. The molecule has 0 saturated heterocycles. The molecular weight excluding hydrogens is 128 g/mol. The lowest BCUT2D eigenvalue weighted by Gasteiger charge is -2.35. The summed E-state index contributed by atoms with van der Waals surface area (Å²) in [4.78, 5) is 0. The number of hydrogen-bond donors (Lipinski definition) is 2. The molecule has 0 aromatic heterocycles. The molecule has 0 aromatic carbocycles. The first-order valence-electron chi connectivity index (χ1n) is 4.09. The Morgan fingerprint density at radius 2 is 2.20 bits per heavy atom. The Morgan fingerprint density at radius 1 is 1.50 bits per heavy atom. The van der Waals surface area contributed by atoms with Crippen LogP contribution in [0.25, 0.3) is 0 Å². The van der Waals surface area contributed by atoms with Crippen molar-refractivity contribution in [1.82, 2.24) is 0 Å². The van der Waals surface area contributed by atoms with Crippen molar-refractivity contribution in [3.63, 3.8) is 0 Å². The summed E-state index contributed by atoms with van der Waals surface area (Å²) in [6.07, 6.45) is 3.85. The largest absolute Gasteiger partial charge is 0.390 e. The van der Waals surface area contributed by atoms with E-state index in [1.54, 1.807) is 0 Å². The number of hydrogen-bond acceptors (Lipinski definition) is 2. The maximum absolute atomic E-state index is 9.70. The molecule has 0 unspecified atom stereocenters. The van der Waals surface area contributed by atoms with Crippen molar-refractivity contribution in [3.05, 3.63) is 0 Å². The predicted octanol–water partition coefficient (Wildman–Crippen LogP) is 1.06. The number of aliphatic hydroxyl groups is 2. The van der Waals surface area contributed by atoms with E-state index in [1.165, 1.54) is 0 Å². The fourth-order valence-electron chi connectivity index (χ4n) is 1.62. The van der Waals surface area contributed by atoms with Crippen LogP contribution >= 0.6 is 0 Å². The Labute approximate surface area is 61.9 Å². The first kappa shape index (κ1) is 8.02. The third kappa shape index (κ3) is 1.32. The van der Waals surface area contributed by atoms with Gasteiger partial charge in [-0.05, 0) is 19.3 Å². The van der Waals surface area contributed by atoms with Gasteiger partial charge in [-0.1, -0.05) is 19.8 Å². The van der Waals surface area contributed by atoms with Gasteiger partial charge in [-0.2, -0.15) is 0 Å². The molecule has 2 atom stereocenters. The molecule has 0 spiro atoms. The van der Waals surface area contributed by atoms with Crippen molar-refractivity contribution in [2.24, 2.45) is 0 Å². The average molecular weight is 144 g/mol. The molecule has 1 fully saturated rings. The molecule has 0 heterocycles. The van der Waals surface area contributed by atoms with E-state index in [2.05, 4.69) is 0 Å².